The average Bonchev–Trinajstić information content (AvgIpc) is 2.83. The van der Waals surface area contributed by atoms with Gasteiger partial charge < -0.3 is 0 Å². The molecule has 2 aromatic carbocycles. The molecule has 0 nitrogen and oxygen atoms in total. The summed E-state index contributed by atoms with van der Waals surface area (Å²) in [7, 11) is 0. The highest BCUT2D eigenvalue weighted by Gasteiger charge is 2.24. The summed E-state index contributed by atoms with van der Waals surface area (Å²) in [4.78, 5) is 0. The molecule has 0 amide bonds. The molecular formula is C20H15. The zero-order chi connectivity index (χ0) is 13.5. The van der Waals surface area contributed by atoms with Crippen molar-refractivity contribution < 1.29 is 0 Å². The van der Waals surface area contributed by atoms with Crippen LogP contribution in [0.5, 0.6) is 0 Å². The first kappa shape index (κ1) is 11.5. The summed E-state index contributed by atoms with van der Waals surface area (Å²) in [5, 5.41) is 0. The van der Waals surface area contributed by atoms with Crippen LogP contribution in [0, 0.1) is 6.92 Å². The molecule has 2 aromatic rings. The predicted molar refractivity (Wildman–Crippen MR) is 85.1 cm³/mol. The van der Waals surface area contributed by atoms with Crippen molar-refractivity contribution in [1.82, 2.24) is 0 Å². The molecule has 0 heteroatoms. The lowest BCUT2D eigenvalue weighted by Gasteiger charge is -2.12. The summed E-state index contributed by atoms with van der Waals surface area (Å²) < 4.78 is 0. The molecule has 0 spiro atoms. The molecule has 0 atom stereocenters. The van der Waals surface area contributed by atoms with Crippen molar-refractivity contribution in [3.63, 3.8) is 0 Å². The minimum absolute atomic E-state index is 0.966. The van der Waals surface area contributed by atoms with Gasteiger partial charge >= 0.3 is 0 Å². The maximum absolute atomic E-state index is 4.00. The Morgan fingerprint density at radius 3 is 1.75 bits per heavy atom. The Morgan fingerprint density at radius 2 is 1.25 bits per heavy atom. The van der Waals surface area contributed by atoms with Gasteiger partial charge in [0.15, 0.2) is 0 Å². The van der Waals surface area contributed by atoms with Crippen LogP contribution in [0.25, 0.3) is 16.7 Å². The SMILES string of the molecule is [CH2]C1=CCC(=C2c3ccccc3-c3ccccc32)C=C1. The van der Waals surface area contributed by atoms with E-state index in [-0.39, 0.29) is 0 Å². The van der Waals surface area contributed by atoms with E-state index in [1.807, 2.05) is 0 Å². The fourth-order valence-electron chi connectivity index (χ4n) is 3.13. The van der Waals surface area contributed by atoms with Gasteiger partial charge in [-0.2, -0.15) is 0 Å². The second-order valence-electron chi connectivity index (χ2n) is 5.31. The summed E-state index contributed by atoms with van der Waals surface area (Å²) >= 11 is 0. The predicted octanol–water partition coefficient (Wildman–Crippen LogP) is 5.19. The van der Waals surface area contributed by atoms with Gasteiger partial charge in [-0.05, 0) is 46.7 Å². The summed E-state index contributed by atoms with van der Waals surface area (Å²) in [5.41, 5.74) is 9.29. The Kier molecular flexibility index (Phi) is 2.50. The number of hydrogen-bond acceptors (Lipinski definition) is 0. The van der Waals surface area contributed by atoms with E-state index in [1.165, 1.54) is 33.4 Å². The molecule has 20 heavy (non-hydrogen) atoms. The van der Waals surface area contributed by atoms with Crippen molar-refractivity contribution in [2.24, 2.45) is 0 Å². The van der Waals surface area contributed by atoms with E-state index in [0.29, 0.717) is 0 Å². The molecule has 0 fully saturated rings. The van der Waals surface area contributed by atoms with Gasteiger partial charge in [0, 0.05) is 0 Å². The van der Waals surface area contributed by atoms with Crippen LogP contribution < -0.4 is 0 Å². The molecule has 0 aliphatic heterocycles. The van der Waals surface area contributed by atoms with Crippen molar-refractivity contribution >= 4 is 5.57 Å². The lowest BCUT2D eigenvalue weighted by atomic mass is 9.92. The van der Waals surface area contributed by atoms with Crippen molar-refractivity contribution in [2.45, 2.75) is 6.42 Å². The van der Waals surface area contributed by atoms with Crippen LogP contribution in [0.15, 0.2) is 77.9 Å². The quantitative estimate of drug-likeness (QED) is 0.518. The van der Waals surface area contributed by atoms with Crippen LogP contribution in [0.1, 0.15) is 17.5 Å². The summed E-state index contributed by atoms with van der Waals surface area (Å²) in [5.74, 6) is 0. The third-order valence-electron chi connectivity index (χ3n) is 4.09. The summed E-state index contributed by atoms with van der Waals surface area (Å²) in [6, 6.07) is 17.4. The zero-order valence-electron chi connectivity index (χ0n) is 11.3. The van der Waals surface area contributed by atoms with Gasteiger partial charge in [0.2, 0.25) is 0 Å². The van der Waals surface area contributed by atoms with E-state index < -0.39 is 0 Å². The smallest absolute Gasteiger partial charge is 0.00637 e. The molecule has 0 unspecified atom stereocenters. The van der Waals surface area contributed by atoms with Gasteiger partial charge in [0.1, 0.15) is 0 Å². The van der Waals surface area contributed by atoms with Gasteiger partial charge in [0.05, 0.1) is 0 Å². The van der Waals surface area contributed by atoms with E-state index in [9.17, 15) is 0 Å². The largest absolute Gasteiger partial charge is 0.0769 e. The Morgan fingerprint density at radius 1 is 0.700 bits per heavy atom. The van der Waals surface area contributed by atoms with Crippen LogP contribution in [0.2, 0.25) is 0 Å². The van der Waals surface area contributed by atoms with Gasteiger partial charge in [0.25, 0.3) is 0 Å². The monoisotopic (exact) mass is 255 g/mol. The molecule has 4 rings (SSSR count). The number of fused-ring (bicyclic) bond motifs is 3. The van der Waals surface area contributed by atoms with Gasteiger partial charge in [-0.3, -0.25) is 0 Å². The van der Waals surface area contributed by atoms with Gasteiger partial charge in [-0.25, -0.2) is 0 Å². The van der Waals surface area contributed by atoms with Gasteiger partial charge in [-0.15, -0.1) is 0 Å². The van der Waals surface area contributed by atoms with Crippen molar-refractivity contribution in [3.05, 3.63) is 96.0 Å². The van der Waals surface area contributed by atoms with Crippen LogP contribution in [-0.4, -0.2) is 0 Å². The third kappa shape index (κ3) is 1.61. The molecule has 1 radical (unpaired) electrons. The second kappa shape index (κ2) is 4.35. The van der Waals surface area contributed by atoms with E-state index in [0.717, 1.165) is 12.0 Å². The Hall–Kier alpha value is -2.34. The summed E-state index contributed by atoms with van der Waals surface area (Å²) in [6.07, 6.45) is 7.49. The maximum Gasteiger partial charge on any atom is -0.00637 e. The topological polar surface area (TPSA) is 0 Å². The van der Waals surface area contributed by atoms with Gasteiger partial charge in [-0.1, -0.05) is 72.3 Å². The molecule has 0 aromatic heterocycles. The lowest BCUT2D eigenvalue weighted by molar-refractivity contribution is 1.24. The molecular weight excluding hydrogens is 240 g/mol. The van der Waals surface area contributed by atoms with Crippen molar-refractivity contribution in [1.29, 1.82) is 0 Å². The minimum Gasteiger partial charge on any atom is -0.0769 e. The molecule has 0 N–H and O–H groups in total. The standard InChI is InChI=1S/C20H15/c1-14-10-12-15(13-11-14)20-18-8-4-2-6-16(18)17-7-3-5-9-19(17)20/h2-12H,1,13H2. The van der Waals surface area contributed by atoms with Crippen LogP contribution in [0.3, 0.4) is 0 Å². The van der Waals surface area contributed by atoms with Crippen molar-refractivity contribution in [3.8, 4) is 11.1 Å². The van der Waals surface area contributed by atoms with E-state index in [4.69, 9.17) is 0 Å². The van der Waals surface area contributed by atoms with Crippen LogP contribution >= 0.6 is 0 Å². The highest BCUT2D eigenvalue weighted by molar-refractivity contribution is 6.02. The molecule has 2 aliphatic carbocycles. The summed E-state index contributed by atoms with van der Waals surface area (Å²) in [6.45, 7) is 4.00. The second-order valence-corrected chi connectivity index (χ2v) is 5.31. The third-order valence-corrected chi connectivity index (χ3v) is 4.09. The highest BCUT2D eigenvalue weighted by Crippen LogP contribution is 2.46. The number of benzene rings is 2. The Labute approximate surface area is 119 Å². The zero-order valence-corrected chi connectivity index (χ0v) is 11.3. The normalized spacial score (nSPS) is 15.9. The number of rotatable bonds is 0. The Balaban J connectivity index is 2.02. The fraction of sp³-hybridized carbons (Fsp3) is 0.0500. The molecule has 95 valence electrons. The molecule has 0 bridgehead atoms. The van der Waals surface area contributed by atoms with Crippen molar-refractivity contribution in [2.75, 3.05) is 0 Å². The first-order chi connectivity index (χ1) is 9.84. The maximum atomic E-state index is 4.00. The average molecular weight is 255 g/mol. The van der Waals surface area contributed by atoms with Crippen LogP contribution in [0.4, 0.5) is 0 Å². The van der Waals surface area contributed by atoms with E-state index in [1.54, 1.807) is 0 Å². The first-order valence-electron chi connectivity index (χ1n) is 6.97. The highest BCUT2D eigenvalue weighted by atomic mass is 14.3. The molecule has 0 heterocycles. The van der Waals surface area contributed by atoms with E-state index >= 15 is 0 Å². The molecule has 2 aliphatic rings. The lowest BCUT2D eigenvalue weighted by Crippen LogP contribution is -1.92. The first-order valence-corrected chi connectivity index (χ1v) is 6.97. The molecule has 0 saturated heterocycles. The minimum atomic E-state index is 0.966. The Bertz CT molecular complexity index is 738. The van der Waals surface area contributed by atoms with E-state index in [2.05, 4.69) is 73.7 Å². The number of hydrogen-bond donors (Lipinski definition) is 0. The molecule has 0 saturated carbocycles. The fourth-order valence-corrected chi connectivity index (χ4v) is 3.13. The van der Waals surface area contributed by atoms with Crippen LogP contribution in [-0.2, 0) is 0 Å². The number of allylic oxidation sites excluding steroid dienone is 5.